The molecular weight excluding hydrogens is 324 g/mol. The third-order valence-electron chi connectivity index (χ3n) is 3.83. The zero-order chi connectivity index (χ0) is 18.6. The minimum atomic E-state index is 0.00756. The molecule has 2 aromatic carbocycles. The van der Waals surface area contributed by atoms with Gasteiger partial charge in [-0.15, -0.1) is 5.10 Å². The molecule has 0 aliphatic rings. The van der Waals surface area contributed by atoms with Gasteiger partial charge in [0.25, 0.3) is 0 Å². The number of nitriles is 1. The molecule has 0 saturated carbocycles. The van der Waals surface area contributed by atoms with Crippen molar-refractivity contribution in [1.82, 2.24) is 15.2 Å². The summed E-state index contributed by atoms with van der Waals surface area (Å²) in [5, 5.41) is 23.3. The van der Waals surface area contributed by atoms with Gasteiger partial charge in [-0.05, 0) is 41.3 Å². The lowest BCUT2D eigenvalue weighted by molar-refractivity contribution is 0.592. The molecule has 26 heavy (non-hydrogen) atoms. The summed E-state index contributed by atoms with van der Waals surface area (Å²) in [7, 11) is 0. The molecule has 0 fully saturated rings. The van der Waals surface area contributed by atoms with Crippen molar-refractivity contribution in [2.75, 3.05) is 10.6 Å². The molecule has 1 heterocycles. The Balaban J connectivity index is 1.81. The molecule has 6 heteroatoms. The monoisotopic (exact) mass is 344 g/mol. The number of benzene rings is 2. The van der Waals surface area contributed by atoms with Crippen LogP contribution >= 0.6 is 0 Å². The number of nitrogens with one attached hydrogen (secondary N) is 2. The Bertz CT molecular complexity index is 936. The molecule has 0 saturated heterocycles. The molecule has 2 N–H and O–H groups in total. The highest BCUT2D eigenvalue weighted by atomic mass is 15.3. The second kappa shape index (κ2) is 7.19. The standard InChI is InChI=1S/C20H20N6/c1-20(2,3)16-6-4-5-7-17(16)24-18-13-22-26-19(25-18)23-15-10-8-14(12-21)9-11-15/h4-11,13H,1-3H3,(H2,23,24,25,26). The van der Waals surface area contributed by atoms with Crippen LogP contribution in [0.15, 0.2) is 54.7 Å². The first kappa shape index (κ1) is 17.4. The lowest BCUT2D eigenvalue weighted by Gasteiger charge is -2.23. The van der Waals surface area contributed by atoms with Gasteiger partial charge in [0.1, 0.15) is 0 Å². The molecule has 130 valence electrons. The summed E-state index contributed by atoms with van der Waals surface area (Å²) in [5.41, 5.74) is 3.58. The molecule has 0 amide bonds. The highest BCUT2D eigenvalue weighted by Crippen LogP contribution is 2.30. The normalized spacial score (nSPS) is 10.8. The van der Waals surface area contributed by atoms with E-state index in [-0.39, 0.29) is 5.41 Å². The van der Waals surface area contributed by atoms with Gasteiger partial charge in [0, 0.05) is 11.4 Å². The molecule has 0 aliphatic heterocycles. The number of aromatic nitrogens is 3. The number of anilines is 4. The second-order valence-corrected chi connectivity index (χ2v) is 6.90. The van der Waals surface area contributed by atoms with E-state index in [1.165, 1.54) is 5.56 Å². The van der Waals surface area contributed by atoms with Crippen LogP contribution in [-0.2, 0) is 5.41 Å². The Kier molecular flexibility index (Phi) is 4.81. The fraction of sp³-hybridized carbons (Fsp3) is 0.200. The summed E-state index contributed by atoms with van der Waals surface area (Å²) in [5.74, 6) is 0.987. The van der Waals surface area contributed by atoms with Gasteiger partial charge in [-0.2, -0.15) is 15.3 Å². The molecule has 0 aliphatic carbocycles. The number of nitrogens with zero attached hydrogens (tertiary/aromatic N) is 4. The summed E-state index contributed by atoms with van der Waals surface area (Å²) in [6, 6.07) is 17.3. The van der Waals surface area contributed by atoms with E-state index in [2.05, 4.69) is 58.7 Å². The lowest BCUT2D eigenvalue weighted by Crippen LogP contribution is -2.14. The topological polar surface area (TPSA) is 86.5 Å². The Labute approximate surface area is 152 Å². The third kappa shape index (κ3) is 4.14. The van der Waals surface area contributed by atoms with Gasteiger partial charge in [0.05, 0.1) is 17.8 Å². The largest absolute Gasteiger partial charge is 0.339 e. The molecule has 3 rings (SSSR count). The summed E-state index contributed by atoms with van der Waals surface area (Å²) < 4.78 is 0. The summed E-state index contributed by atoms with van der Waals surface area (Å²) in [6.07, 6.45) is 1.59. The lowest BCUT2D eigenvalue weighted by atomic mass is 9.86. The Morgan fingerprint density at radius 3 is 2.38 bits per heavy atom. The average Bonchev–Trinajstić information content (AvgIpc) is 2.62. The van der Waals surface area contributed by atoms with E-state index in [0.717, 1.165) is 11.4 Å². The van der Waals surface area contributed by atoms with Gasteiger partial charge in [0.15, 0.2) is 5.82 Å². The maximum absolute atomic E-state index is 8.86. The number of hydrogen-bond acceptors (Lipinski definition) is 6. The highest BCUT2D eigenvalue weighted by Gasteiger charge is 2.17. The Hall–Kier alpha value is -3.46. The zero-order valence-corrected chi connectivity index (χ0v) is 15.0. The molecule has 3 aromatic rings. The third-order valence-corrected chi connectivity index (χ3v) is 3.83. The van der Waals surface area contributed by atoms with E-state index in [0.29, 0.717) is 17.3 Å². The number of para-hydroxylation sites is 1. The van der Waals surface area contributed by atoms with Crippen LogP contribution in [0.1, 0.15) is 31.9 Å². The second-order valence-electron chi connectivity index (χ2n) is 6.90. The van der Waals surface area contributed by atoms with Crippen molar-refractivity contribution < 1.29 is 0 Å². The van der Waals surface area contributed by atoms with Gasteiger partial charge < -0.3 is 10.6 Å². The average molecular weight is 344 g/mol. The van der Waals surface area contributed by atoms with E-state index in [1.807, 2.05) is 18.2 Å². The van der Waals surface area contributed by atoms with Crippen molar-refractivity contribution >= 4 is 23.1 Å². The molecule has 0 radical (unpaired) electrons. The van der Waals surface area contributed by atoms with Crippen LogP contribution in [0.25, 0.3) is 0 Å². The van der Waals surface area contributed by atoms with Crippen LogP contribution in [-0.4, -0.2) is 15.2 Å². The van der Waals surface area contributed by atoms with E-state index < -0.39 is 0 Å². The summed E-state index contributed by atoms with van der Waals surface area (Å²) in [4.78, 5) is 4.47. The maximum atomic E-state index is 8.86. The minimum Gasteiger partial charge on any atom is -0.339 e. The first-order chi connectivity index (χ1) is 12.5. The fourth-order valence-electron chi connectivity index (χ4n) is 2.56. The van der Waals surface area contributed by atoms with Crippen LogP contribution < -0.4 is 10.6 Å². The Morgan fingerprint density at radius 2 is 1.69 bits per heavy atom. The van der Waals surface area contributed by atoms with Crippen LogP contribution in [0.3, 0.4) is 0 Å². The van der Waals surface area contributed by atoms with Crippen molar-refractivity contribution in [3.8, 4) is 6.07 Å². The summed E-state index contributed by atoms with van der Waals surface area (Å²) >= 11 is 0. The molecular formula is C20H20N6. The van der Waals surface area contributed by atoms with Crippen molar-refractivity contribution in [3.63, 3.8) is 0 Å². The fourth-order valence-corrected chi connectivity index (χ4v) is 2.56. The van der Waals surface area contributed by atoms with Gasteiger partial charge in [-0.1, -0.05) is 39.0 Å². The van der Waals surface area contributed by atoms with Crippen LogP contribution in [0.5, 0.6) is 0 Å². The van der Waals surface area contributed by atoms with Gasteiger partial charge >= 0.3 is 0 Å². The predicted molar refractivity (Wildman–Crippen MR) is 103 cm³/mol. The van der Waals surface area contributed by atoms with Crippen LogP contribution in [0.2, 0.25) is 0 Å². The van der Waals surface area contributed by atoms with Crippen LogP contribution in [0.4, 0.5) is 23.1 Å². The van der Waals surface area contributed by atoms with E-state index in [1.54, 1.807) is 30.5 Å². The number of hydrogen-bond donors (Lipinski definition) is 2. The molecule has 0 spiro atoms. The molecule has 0 bridgehead atoms. The van der Waals surface area contributed by atoms with E-state index in [4.69, 9.17) is 5.26 Å². The van der Waals surface area contributed by atoms with Crippen molar-refractivity contribution in [1.29, 1.82) is 5.26 Å². The Morgan fingerprint density at radius 1 is 0.962 bits per heavy atom. The first-order valence-electron chi connectivity index (χ1n) is 8.29. The van der Waals surface area contributed by atoms with Gasteiger partial charge in [-0.25, -0.2) is 0 Å². The predicted octanol–water partition coefficient (Wildman–Crippen LogP) is 4.53. The molecule has 1 aromatic heterocycles. The molecule has 6 nitrogen and oxygen atoms in total. The van der Waals surface area contributed by atoms with Gasteiger partial charge in [0.2, 0.25) is 5.95 Å². The quantitative estimate of drug-likeness (QED) is 0.723. The van der Waals surface area contributed by atoms with Crippen LogP contribution in [0, 0.1) is 11.3 Å². The van der Waals surface area contributed by atoms with Crippen molar-refractivity contribution in [3.05, 3.63) is 65.9 Å². The maximum Gasteiger partial charge on any atom is 0.249 e. The highest BCUT2D eigenvalue weighted by molar-refractivity contribution is 5.63. The van der Waals surface area contributed by atoms with E-state index >= 15 is 0 Å². The van der Waals surface area contributed by atoms with Crippen molar-refractivity contribution in [2.24, 2.45) is 0 Å². The zero-order valence-electron chi connectivity index (χ0n) is 15.0. The summed E-state index contributed by atoms with van der Waals surface area (Å²) in [6.45, 7) is 6.51. The van der Waals surface area contributed by atoms with Gasteiger partial charge in [-0.3, -0.25) is 0 Å². The minimum absolute atomic E-state index is 0.00756. The smallest absolute Gasteiger partial charge is 0.249 e. The van der Waals surface area contributed by atoms with Crippen molar-refractivity contribution in [2.45, 2.75) is 26.2 Å². The number of rotatable bonds is 4. The first-order valence-corrected chi connectivity index (χ1v) is 8.29. The molecule has 0 atom stereocenters. The SMILES string of the molecule is CC(C)(C)c1ccccc1Nc1cnnc(Nc2ccc(C#N)cc2)n1. The molecule has 0 unspecified atom stereocenters. The van der Waals surface area contributed by atoms with E-state index in [9.17, 15) is 0 Å².